The summed E-state index contributed by atoms with van der Waals surface area (Å²) in [5.74, 6) is 0.865. The van der Waals surface area contributed by atoms with Gasteiger partial charge >= 0.3 is 0 Å². The molecule has 0 fully saturated rings. The second kappa shape index (κ2) is 6.93. The van der Waals surface area contributed by atoms with Crippen LogP contribution in [-0.4, -0.2) is 10.9 Å². The molecule has 0 aromatic heterocycles. The maximum absolute atomic E-state index is 11.4. The van der Waals surface area contributed by atoms with E-state index in [1.165, 1.54) is 0 Å². The number of ether oxygens (including phenoxy) is 1. The minimum atomic E-state index is 0.0762. The van der Waals surface area contributed by atoms with Gasteiger partial charge in [-0.25, -0.2) is 0 Å². The van der Waals surface area contributed by atoms with Crippen molar-refractivity contribution >= 4 is 5.78 Å². The zero-order valence-electron chi connectivity index (χ0n) is 12.4. The van der Waals surface area contributed by atoms with Crippen LogP contribution in [0.4, 0.5) is 0 Å². The van der Waals surface area contributed by atoms with Crippen molar-refractivity contribution in [1.82, 2.24) is 0 Å². The van der Waals surface area contributed by atoms with E-state index in [0.29, 0.717) is 18.8 Å². The predicted molar refractivity (Wildman–Crippen MR) is 82.6 cm³/mol. The summed E-state index contributed by atoms with van der Waals surface area (Å²) in [5.41, 5.74) is 2.71. The van der Waals surface area contributed by atoms with Gasteiger partial charge in [0.25, 0.3) is 0 Å². The first-order valence-corrected chi connectivity index (χ1v) is 7.11. The second-order valence-corrected chi connectivity index (χ2v) is 5.10. The summed E-state index contributed by atoms with van der Waals surface area (Å²) in [5, 5.41) is 9.98. The topological polar surface area (TPSA) is 46.5 Å². The van der Waals surface area contributed by atoms with Crippen molar-refractivity contribution in [3.05, 3.63) is 59.2 Å². The third kappa shape index (κ3) is 4.09. The molecule has 0 radical (unpaired) electrons. The molecule has 0 unspecified atom stereocenters. The molecule has 0 amide bonds. The number of rotatable bonds is 6. The van der Waals surface area contributed by atoms with Crippen LogP contribution in [0, 0.1) is 0 Å². The van der Waals surface area contributed by atoms with Gasteiger partial charge in [-0.15, -0.1) is 0 Å². The van der Waals surface area contributed by atoms with E-state index in [1.54, 1.807) is 13.0 Å². The molecule has 0 aliphatic heterocycles. The van der Waals surface area contributed by atoms with E-state index in [-0.39, 0.29) is 11.5 Å². The summed E-state index contributed by atoms with van der Waals surface area (Å²) < 4.78 is 5.79. The van der Waals surface area contributed by atoms with Crippen molar-refractivity contribution in [3.8, 4) is 11.5 Å². The summed E-state index contributed by atoms with van der Waals surface area (Å²) in [6.45, 7) is 3.94. The molecule has 2 rings (SSSR count). The molecular weight excluding hydrogens is 264 g/mol. The van der Waals surface area contributed by atoms with E-state index in [4.69, 9.17) is 4.74 Å². The van der Waals surface area contributed by atoms with Gasteiger partial charge in [-0.05, 0) is 30.5 Å². The lowest BCUT2D eigenvalue weighted by Crippen LogP contribution is -2.03. The Balaban J connectivity index is 2.24. The zero-order chi connectivity index (χ0) is 15.2. The van der Waals surface area contributed by atoms with Crippen molar-refractivity contribution in [3.63, 3.8) is 0 Å². The molecule has 0 spiro atoms. The Morgan fingerprint density at radius 1 is 1.14 bits per heavy atom. The highest BCUT2D eigenvalue weighted by atomic mass is 16.5. The number of phenols is 1. The lowest BCUT2D eigenvalue weighted by atomic mass is 10.0. The van der Waals surface area contributed by atoms with Gasteiger partial charge in [0, 0.05) is 18.1 Å². The van der Waals surface area contributed by atoms with Gasteiger partial charge in [0.05, 0.1) is 0 Å². The standard InChI is InChI=1S/C18H20O3/c1-3-15-10-16(9-13(2)19)18(11-17(15)20)21-12-14-7-5-4-6-8-14/h4-8,10-11,20H,3,9,12H2,1-2H3. The van der Waals surface area contributed by atoms with E-state index in [2.05, 4.69) is 0 Å². The van der Waals surface area contributed by atoms with Gasteiger partial charge in [-0.1, -0.05) is 37.3 Å². The van der Waals surface area contributed by atoms with Crippen LogP contribution in [0.2, 0.25) is 0 Å². The maximum atomic E-state index is 11.4. The molecule has 3 heteroatoms. The number of carbonyl (C=O) groups excluding carboxylic acids is 1. The number of phenolic OH excluding ortho intramolecular Hbond substituents is 1. The smallest absolute Gasteiger partial charge is 0.134 e. The number of aryl methyl sites for hydroxylation is 1. The van der Waals surface area contributed by atoms with E-state index in [0.717, 1.165) is 23.1 Å². The van der Waals surface area contributed by atoms with Gasteiger partial charge in [-0.3, -0.25) is 4.79 Å². The minimum absolute atomic E-state index is 0.0762. The third-order valence-electron chi connectivity index (χ3n) is 3.32. The molecule has 2 aromatic rings. The fourth-order valence-electron chi connectivity index (χ4n) is 2.22. The largest absolute Gasteiger partial charge is 0.508 e. The Bertz CT molecular complexity index is 618. The number of aromatic hydroxyl groups is 1. The zero-order valence-corrected chi connectivity index (χ0v) is 12.4. The second-order valence-electron chi connectivity index (χ2n) is 5.10. The fraction of sp³-hybridized carbons (Fsp3) is 0.278. The first kappa shape index (κ1) is 15.1. The Morgan fingerprint density at radius 2 is 1.86 bits per heavy atom. The highest BCUT2D eigenvalue weighted by Crippen LogP contribution is 2.30. The van der Waals surface area contributed by atoms with Gasteiger partial charge < -0.3 is 9.84 Å². The summed E-state index contributed by atoms with van der Waals surface area (Å²) in [7, 11) is 0. The first-order valence-electron chi connectivity index (χ1n) is 7.11. The van der Waals surface area contributed by atoms with Crippen molar-refractivity contribution in [2.75, 3.05) is 0 Å². The van der Waals surface area contributed by atoms with Crippen LogP contribution >= 0.6 is 0 Å². The van der Waals surface area contributed by atoms with Crippen LogP contribution in [0.1, 0.15) is 30.5 Å². The average Bonchev–Trinajstić information content (AvgIpc) is 2.47. The molecule has 21 heavy (non-hydrogen) atoms. The molecular formula is C18H20O3. The van der Waals surface area contributed by atoms with Crippen LogP contribution in [-0.2, 0) is 24.2 Å². The highest BCUT2D eigenvalue weighted by Gasteiger charge is 2.11. The average molecular weight is 284 g/mol. The monoisotopic (exact) mass is 284 g/mol. The number of benzene rings is 2. The number of carbonyl (C=O) groups is 1. The summed E-state index contributed by atoms with van der Waals surface area (Å²) in [6.07, 6.45) is 1.03. The molecule has 0 heterocycles. The molecule has 0 saturated heterocycles. The van der Waals surface area contributed by atoms with Crippen LogP contribution < -0.4 is 4.74 Å². The van der Waals surface area contributed by atoms with Crippen LogP contribution in [0.3, 0.4) is 0 Å². The quantitative estimate of drug-likeness (QED) is 0.880. The molecule has 0 bridgehead atoms. The van der Waals surface area contributed by atoms with Gasteiger partial charge in [-0.2, -0.15) is 0 Å². The molecule has 110 valence electrons. The van der Waals surface area contributed by atoms with E-state index in [9.17, 15) is 9.90 Å². The minimum Gasteiger partial charge on any atom is -0.508 e. The van der Waals surface area contributed by atoms with E-state index >= 15 is 0 Å². The lowest BCUT2D eigenvalue weighted by molar-refractivity contribution is -0.116. The van der Waals surface area contributed by atoms with E-state index < -0.39 is 0 Å². The highest BCUT2D eigenvalue weighted by molar-refractivity contribution is 5.79. The van der Waals surface area contributed by atoms with Crippen LogP contribution in [0.5, 0.6) is 11.5 Å². The molecule has 0 atom stereocenters. The number of hydrogen-bond acceptors (Lipinski definition) is 3. The molecule has 0 aliphatic rings. The molecule has 2 aromatic carbocycles. The summed E-state index contributed by atoms with van der Waals surface area (Å²) in [6, 6.07) is 13.3. The molecule has 0 saturated carbocycles. The van der Waals surface area contributed by atoms with Gasteiger partial charge in [0.1, 0.15) is 23.9 Å². The van der Waals surface area contributed by atoms with Crippen molar-refractivity contribution in [2.45, 2.75) is 33.3 Å². The van der Waals surface area contributed by atoms with Gasteiger partial charge in [0.2, 0.25) is 0 Å². The summed E-state index contributed by atoms with van der Waals surface area (Å²) >= 11 is 0. The van der Waals surface area contributed by atoms with Crippen LogP contribution in [0.15, 0.2) is 42.5 Å². The Labute approximate surface area is 125 Å². The SMILES string of the molecule is CCc1cc(CC(C)=O)c(OCc2ccccc2)cc1O. The molecule has 3 nitrogen and oxygen atoms in total. The fourth-order valence-corrected chi connectivity index (χ4v) is 2.22. The van der Waals surface area contributed by atoms with E-state index in [1.807, 2.05) is 43.3 Å². The number of ketones is 1. The Kier molecular flexibility index (Phi) is 4.99. The number of hydrogen-bond donors (Lipinski definition) is 1. The lowest BCUT2D eigenvalue weighted by Gasteiger charge is -2.14. The first-order chi connectivity index (χ1) is 10.1. The van der Waals surface area contributed by atoms with Crippen molar-refractivity contribution in [1.29, 1.82) is 0 Å². The van der Waals surface area contributed by atoms with Crippen molar-refractivity contribution < 1.29 is 14.6 Å². The molecule has 0 aliphatic carbocycles. The molecule has 1 N–H and O–H groups in total. The predicted octanol–water partition coefficient (Wildman–Crippen LogP) is 3.67. The normalized spacial score (nSPS) is 10.4. The number of Topliss-reactive ketones (excluding diaryl/α,β-unsaturated/α-hetero) is 1. The summed E-state index contributed by atoms with van der Waals surface area (Å²) in [4.78, 5) is 11.4. The Hall–Kier alpha value is -2.29. The van der Waals surface area contributed by atoms with Gasteiger partial charge in [0.15, 0.2) is 0 Å². The third-order valence-corrected chi connectivity index (χ3v) is 3.32. The van der Waals surface area contributed by atoms with Crippen molar-refractivity contribution in [2.24, 2.45) is 0 Å². The Morgan fingerprint density at radius 3 is 2.48 bits per heavy atom. The maximum Gasteiger partial charge on any atom is 0.134 e. The van der Waals surface area contributed by atoms with Crippen LogP contribution in [0.25, 0.3) is 0 Å².